The molecule has 0 spiro atoms. The van der Waals surface area contributed by atoms with Gasteiger partial charge < -0.3 is 29.4 Å². The molecule has 0 saturated heterocycles. The molecule has 23 rings (SSSR count). The standard InChI is InChI=1S/C108H72B2N8/c1-8-35-73(36-9-1)84-53-34-54-85(74-37-10-2-11-38-74)108(84)118-101-72-100-90(71-91(101)109-88-55-26-32-61-98(88)115(80-47-18-6-19-48-80)102-67-82(68-105(118)107(102)109)113(77-41-12-3-13-42-77)78-43-14-4-15-44-78)110-89-56-27-33-62-99(89)117(97-60-31-25-52-87(97)95-66-64-76-40-23-29-58-93(76)112-95)104-70-83(69-103(106(104)110)116(100)81-49-20-7-21-50-81)114(79-45-16-5-17-46-79)96-59-30-24-51-86(96)94-65-63-75-39-22-28-57-92(75)111-94/h1-72H. The summed E-state index contributed by atoms with van der Waals surface area (Å²) < 4.78 is 0. The fourth-order valence-corrected chi connectivity index (χ4v) is 19.1. The third kappa shape index (κ3) is 11.2. The second kappa shape index (κ2) is 28.2. The number of anilines is 18. The summed E-state index contributed by atoms with van der Waals surface area (Å²) in [7, 11) is 0. The molecule has 0 N–H and O–H groups in total. The molecule has 0 atom stereocenters. The maximum absolute atomic E-state index is 5.51. The van der Waals surface area contributed by atoms with Gasteiger partial charge >= 0.3 is 0 Å². The van der Waals surface area contributed by atoms with E-state index in [-0.39, 0.29) is 13.4 Å². The molecule has 118 heavy (non-hydrogen) atoms. The lowest BCUT2D eigenvalue weighted by Crippen LogP contribution is -2.65. The fraction of sp³-hybridized carbons (Fsp3) is 0. The summed E-state index contributed by atoms with van der Waals surface area (Å²) in [4.78, 5) is 26.3. The van der Waals surface area contributed by atoms with Crippen molar-refractivity contribution in [2.24, 2.45) is 0 Å². The molecule has 2 aromatic heterocycles. The van der Waals surface area contributed by atoms with Gasteiger partial charge in [-0.3, -0.25) is 0 Å². The van der Waals surface area contributed by atoms with Crippen LogP contribution >= 0.6 is 0 Å². The lowest BCUT2D eigenvalue weighted by atomic mass is 9.30. The van der Waals surface area contributed by atoms with Gasteiger partial charge in [0.25, 0.3) is 13.4 Å². The van der Waals surface area contributed by atoms with E-state index in [0.717, 1.165) is 169 Å². The highest BCUT2D eigenvalue weighted by atomic mass is 15.2. The Morgan fingerprint density at radius 1 is 0.212 bits per heavy atom. The van der Waals surface area contributed by atoms with Crippen molar-refractivity contribution in [1.82, 2.24) is 9.97 Å². The summed E-state index contributed by atoms with van der Waals surface area (Å²) in [5.74, 6) is 0. The van der Waals surface area contributed by atoms with Crippen LogP contribution in [0.1, 0.15) is 0 Å². The maximum Gasteiger partial charge on any atom is 0.252 e. The normalized spacial score (nSPS) is 12.6. The van der Waals surface area contributed by atoms with Gasteiger partial charge in [-0.15, -0.1) is 0 Å². The number of benzene rings is 17. The SMILES string of the molecule is c1ccc(-c2cccc(-c3ccccc3)c2N2c3cc4c(cc3B3c5ccccc5N(c5ccccc5)c5cc(N(c6ccccc6)c6ccccc6)cc2c53)B2c3ccccc3N(c3ccccc3-c3ccc5ccccc5n3)c3cc(N(c5ccccc5)c5ccccc5-c5ccc6ccccc6n5)cc(c32)N4c2ccccc2)cc1. The monoisotopic (exact) mass is 1500 g/mol. The molecule has 0 saturated carbocycles. The smallest absolute Gasteiger partial charge is 0.252 e. The van der Waals surface area contributed by atoms with Gasteiger partial charge in [0.15, 0.2) is 0 Å². The second-order valence-corrected chi connectivity index (χ2v) is 30.7. The molecule has 17 aromatic carbocycles. The number of pyridine rings is 2. The van der Waals surface area contributed by atoms with E-state index in [4.69, 9.17) is 9.97 Å². The minimum atomic E-state index is -0.324. The van der Waals surface area contributed by atoms with E-state index in [1.807, 2.05) is 0 Å². The van der Waals surface area contributed by atoms with Gasteiger partial charge in [-0.1, -0.05) is 297 Å². The Bertz CT molecular complexity index is 7020. The third-order valence-electron chi connectivity index (χ3n) is 24.1. The summed E-state index contributed by atoms with van der Waals surface area (Å²) in [6.45, 7) is -0.616. The van der Waals surface area contributed by atoms with Crippen LogP contribution < -0.4 is 62.2 Å². The molecule has 0 radical (unpaired) electrons. The van der Waals surface area contributed by atoms with Crippen LogP contribution in [0.4, 0.5) is 102 Å². The van der Waals surface area contributed by atoms with Crippen molar-refractivity contribution in [2.45, 2.75) is 0 Å². The van der Waals surface area contributed by atoms with E-state index < -0.39 is 0 Å². The first-order chi connectivity index (χ1) is 58.6. The Hall–Kier alpha value is -15.5. The molecule has 0 aliphatic carbocycles. The van der Waals surface area contributed by atoms with Crippen molar-refractivity contribution in [1.29, 1.82) is 0 Å². The topological polar surface area (TPSA) is 45.2 Å². The van der Waals surface area contributed by atoms with E-state index in [0.29, 0.717) is 0 Å². The van der Waals surface area contributed by atoms with Crippen LogP contribution in [-0.2, 0) is 0 Å². The molecule has 6 heterocycles. The minimum Gasteiger partial charge on any atom is -0.311 e. The van der Waals surface area contributed by atoms with Crippen LogP contribution in [0.3, 0.4) is 0 Å². The zero-order valence-electron chi connectivity index (χ0n) is 64.3. The largest absolute Gasteiger partial charge is 0.311 e. The van der Waals surface area contributed by atoms with Gasteiger partial charge in [-0.25, -0.2) is 9.97 Å². The predicted molar refractivity (Wildman–Crippen MR) is 496 cm³/mol. The van der Waals surface area contributed by atoms with Crippen LogP contribution in [0.5, 0.6) is 0 Å². The van der Waals surface area contributed by atoms with E-state index >= 15 is 0 Å². The highest BCUT2D eigenvalue weighted by Crippen LogP contribution is 2.56. The minimum absolute atomic E-state index is 0.292. The molecule has 550 valence electrons. The summed E-state index contributed by atoms with van der Waals surface area (Å²) in [6.07, 6.45) is 0. The number of hydrogen-bond donors (Lipinski definition) is 0. The van der Waals surface area contributed by atoms with Gasteiger partial charge in [0.05, 0.1) is 50.9 Å². The summed E-state index contributed by atoms with van der Waals surface area (Å²) in [6, 6.07) is 161. The lowest BCUT2D eigenvalue weighted by molar-refractivity contribution is 1.21. The van der Waals surface area contributed by atoms with Crippen LogP contribution in [-0.4, -0.2) is 23.4 Å². The molecule has 4 aliphatic rings. The fourth-order valence-electron chi connectivity index (χ4n) is 19.1. The predicted octanol–water partition coefficient (Wildman–Crippen LogP) is 24.6. The summed E-state index contributed by atoms with van der Waals surface area (Å²) >= 11 is 0. The highest BCUT2D eigenvalue weighted by Gasteiger charge is 2.50. The molecule has 19 aromatic rings. The Labute approximate surface area is 686 Å². The third-order valence-corrected chi connectivity index (χ3v) is 24.1. The van der Waals surface area contributed by atoms with E-state index in [2.05, 4.69) is 466 Å². The van der Waals surface area contributed by atoms with E-state index in [1.165, 1.54) is 32.8 Å². The van der Waals surface area contributed by atoms with Crippen molar-refractivity contribution < 1.29 is 0 Å². The number of hydrogen-bond acceptors (Lipinski definition) is 8. The molecule has 4 aliphatic heterocycles. The van der Waals surface area contributed by atoms with E-state index in [9.17, 15) is 0 Å². The molecule has 0 unspecified atom stereocenters. The van der Waals surface area contributed by atoms with Gasteiger partial charge in [-0.05, 0) is 183 Å². The number of para-hydroxylation sites is 12. The Morgan fingerprint density at radius 2 is 0.576 bits per heavy atom. The van der Waals surface area contributed by atoms with Gasteiger partial charge in [0, 0.05) is 107 Å². The van der Waals surface area contributed by atoms with Gasteiger partial charge in [0.1, 0.15) is 0 Å². The van der Waals surface area contributed by atoms with Crippen molar-refractivity contribution in [3.8, 4) is 44.8 Å². The number of aromatic nitrogens is 2. The Balaban J connectivity index is 0.863. The first-order valence-electron chi connectivity index (χ1n) is 40.5. The molecule has 0 amide bonds. The number of rotatable bonds is 14. The second-order valence-electron chi connectivity index (χ2n) is 30.7. The number of fused-ring (bicyclic) bond motifs is 10. The lowest BCUT2D eigenvalue weighted by Gasteiger charge is -2.48. The zero-order valence-corrected chi connectivity index (χ0v) is 64.3. The van der Waals surface area contributed by atoms with Gasteiger partial charge in [-0.2, -0.15) is 0 Å². The van der Waals surface area contributed by atoms with Crippen molar-refractivity contribution in [3.63, 3.8) is 0 Å². The zero-order chi connectivity index (χ0) is 77.7. The molecule has 0 bridgehead atoms. The quantitative estimate of drug-likeness (QED) is 0.0998. The number of nitrogens with zero attached hydrogens (tertiary/aromatic N) is 8. The molecular formula is C108H72B2N8. The molecule has 8 nitrogen and oxygen atoms in total. The van der Waals surface area contributed by atoms with Gasteiger partial charge in [0.2, 0.25) is 0 Å². The summed E-state index contributed by atoms with van der Waals surface area (Å²) in [5, 5.41) is 2.18. The van der Waals surface area contributed by atoms with Crippen molar-refractivity contribution in [2.75, 3.05) is 29.4 Å². The van der Waals surface area contributed by atoms with Crippen LogP contribution in [0.25, 0.3) is 66.6 Å². The Kier molecular flexibility index (Phi) is 16.3. The molecule has 0 fully saturated rings. The highest BCUT2D eigenvalue weighted by molar-refractivity contribution is 7.03. The molecule has 10 heteroatoms. The van der Waals surface area contributed by atoms with Crippen molar-refractivity contribution >= 4 is 170 Å². The van der Waals surface area contributed by atoms with E-state index in [1.54, 1.807) is 0 Å². The Morgan fingerprint density at radius 3 is 1.10 bits per heavy atom. The average Bonchev–Trinajstić information content (AvgIpc) is 0.679. The maximum atomic E-state index is 5.51. The average molecular weight is 1500 g/mol. The summed E-state index contributed by atoms with van der Waals surface area (Å²) in [5.41, 5.74) is 36.0. The van der Waals surface area contributed by atoms with Crippen LogP contribution in [0.15, 0.2) is 437 Å². The first kappa shape index (κ1) is 68.1. The van der Waals surface area contributed by atoms with Crippen LogP contribution in [0, 0.1) is 0 Å². The van der Waals surface area contributed by atoms with Crippen LogP contribution in [0.2, 0.25) is 0 Å². The van der Waals surface area contributed by atoms with Crippen molar-refractivity contribution in [3.05, 3.63) is 437 Å². The molecular weight excluding hydrogens is 1430 g/mol. The first-order valence-corrected chi connectivity index (χ1v) is 40.5.